The number of hydrogen-bond acceptors (Lipinski definition) is 5. The van der Waals surface area contributed by atoms with Crippen LogP contribution in [0.15, 0.2) is 77.8 Å². The number of sulfonamides is 1. The van der Waals surface area contributed by atoms with Crippen molar-refractivity contribution in [3.05, 3.63) is 89.9 Å². The molecule has 9 heteroatoms. The van der Waals surface area contributed by atoms with Crippen LogP contribution in [0.1, 0.15) is 25.0 Å². The highest BCUT2D eigenvalue weighted by Gasteiger charge is 2.20. The van der Waals surface area contributed by atoms with E-state index in [1.54, 1.807) is 56.5 Å². The van der Waals surface area contributed by atoms with Gasteiger partial charge in [-0.25, -0.2) is 17.8 Å². The van der Waals surface area contributed by atoms with Gasteiger partial charge in [0.2, 0.25) is 21.8 Å². The molecule has 3 aromatic rings. The molecule has 7 nitrogen and oxygen atoms in total. The first-order valence-electron chi connectivity index (χ1n) is 10.8. The molecule has 0 fully saturated rings. The molecule has 0 aliphatic rings. The first-order valence-corrected chi connectivity index (χ1v) is 12.2. The number of aromatic nitrogens is 1. The predicted octanol–water partition coefficient (Wildman–Crippen LogP) is 4.37. The maximum absolute atomic E-state index is 13.4. The number of ether oxygens (including phenoxy) is 1. The molecule has 0 bridgehead atoms. The Morgan fingerprint density at radius 3 is 2.50 bits per heavy atom. The second kappa shape index (κ2) is 11.5. The van der Waals surface area contributed by atoms with Crippen molar-refractivity contribution in [2.75, 3.05) is 13.1 Å². The molecule has 0 radical (unpaired) electrons. The maximum atomic E-state index is 13.4. The molecule has 0 aliphatic carbocycles. The first kappa shape index (κ1) is 25.1. The van der Waals surface area contributed by atoms with Gasteiger partial charge < -0.3 is 10.1 Å². The van der Waals surface area contributed by atoms with E-state index in [2.05, 4.69) is 10.3 Å². The van der Waals surface area contributed by atoms with Gasteiger partial charge in [0.05, 0.1) is 4.90 Å². The van der Waals surface area contributed by atoms with E-state index < -0.39 is 15.8 Å². The van der Waals surface area contributed by atoms with E-state index in [-0.39, 0.29) is 23.2 Å². The zero-order chi connectivity index (χ0) is 24.6. The topological polar surface area (TPSA) is 88.6 Å². The summed E-state index contributed by atoms with van der Waals surface area (Å²) in [6.07, 6.45) is 4.50. The number of halogens is 1. The molecule has 0 aliphatic heterocycles. The summed E-state index contributed by atoms with van der Waals surface area (Å²) in [4.78, 5) is 16.7. The normalized spacial score (nSPS) is 11.6. The molecule has 1 N–H and O–H groups in total. The molecule has 1 amide bonds. The van der Waals surface area contributed by atoms with Crippen LogP contribution >= 0.6 is 0 Å². The number of pyridine rings is 1. The SMILES string of the molecule is CCN(CC)S(=O)(=O)c1ccc(C=CC(=O)NCc2cccnc2Oc2cccc(F)c2)cc1. The van der Waals surface area contributed by atoms with Gasteiger partial charge in [-0.1, -0.05) is 38.1 Å². The van der Waals surface area contributed by atoms with Gasteiger partial charge in [-0.2, -0.15) is 4.31 Å². The van der Waals surface area contributed by atoms with E-state index in [1.165, 1.54) is 40.7 Å². The van der Waals surface area contributed by atoms with Crippen LogP contribution in [0.2, 0.25) is 0 Å². The van der Waals surface area contributed by atoms with Gasteiger partial charge in [0.15, 0.2) is 0 Å². The molecule has 0 saturated carbocycles. The van der Waals surface area contributed by atoms with Crippen molar-refractivity contribution in [1.82, 2.24) is 14.6 Å². The monoisotopic (exact) mass is 483 g/mol. The van der Waals surface area contributed by atoms with Crippen LogP contribution in [0.3, 0.4) is 0 Å². The summed E-state index contributed by atoms with van der Waals surface area (Å²) in [7, 11) is -3.53. The van der Waals surface area contributed by atoms with E-state index in [9.17, 15) is 17.6 Å². The van der Waals surface area contributed by atoms with Gasteiger partial charge >= 0.3 is 0 Å². The van der Waals surface area contributed by atoms with E-state index >= 15 is 0 Å². The Labute approximate surface area is 199 Å². The van der Waals surface area contributed by atoms with Crippen molar-refractivity contribution in [2.24, 2.45) is 0 Å². The van der Waals surface area contributed by atoms with Crippen molar-refractivity contribution in [3.8, 4) is 11.6 Å². The van der Waals surface area contributed by atoms with E-state index in [0.717, 1.165) is 0 Å². The lowest BCUT2D eigenvalue weighted by Crippen LogP contribution is -2.30. The van der Waals surface area contributed by atoms with Crippen molar-refractivity contribution in [3.63, 3.8) is 0 Å². The van der Waals surface area contributed by atoms with Gasteiger partial charge in [0, 0.05) is 43.5 Å². The number of hydrogen-bond donors (Lipinski definition) is 1. The molecular formula is C25H26FN3O4S. The second-order valence-corrected chi connectivity index (χ2v) is 9.17. The second-order valence-electron chi connectivity index (χ2n) is 7.24. The Morgan fingerprint density at radius 2 is 1.82 bits per heavy atom. The van der Waals surface area contributed by atoms with Gasteiger partial charge in [-0.05, 0) is 42.0 Å². The lowest BCUT2D eigenvalue weighted by molar-refractivity contribution is -0.116. The van der Waals surface area contributed by atoms with E-state index in [1.807, 2.05) is 0 Å². The van der Waals surface area contributed by atoms with Crippen LogP contribution in [0.4, 0.5) is 4.39 Å². The predicted molar refractivity (Wildman–Crippen MR) is 128 cm³/mol. The van der Waals surface area contributed by atoms with Crippen LogP contribution in [-0.4, -0.2) is 36.7 Å². The minimum absolute atomic E-state index is 0.155. The maximum Gasteiger partial charge on any atom is 0.244 e. The summed E-state index contributed by atoms with van der Waals surface area (Å²) in [6.45, 7) is 4.53. The molecule has 0 spiro atoms. The zero-order valence-corrected chi connectivity index (χ0v) is 19.8. The van der Waals surface area contributed by atoms with Crippen LogP contribution < -0.4 is 10.1 Å². The van der Waals surface area contributed by atoms with Crippen molar-refractivity contribution >= 4 is 22.0 Å². The Morgan fingerprint density at radius 1 is 1.09 bits per heavy atom. The summed E-state index contributed by atoms with van der Waals surface area (Å²) in [6, 6.07) is 15.5. The zero-order valence-electron chi connectivity index (χ0n) is 18.9. The quantitative estimate of drug-likeness (QED) is 0.433. The standard InChI is InChI=1S/C25H26FN3O4S/c1-3-29(4-2)34(31,32)23-13-10-19(11-14-23)12-15-24(30)28-18-20-7-6-16-27-25(20)33-22-9-5-8-21(26)17-22/h5-17H,3-4,18H2,1-2H3,(H,28,30). The summed E-state index contributed by atoms with van der Waals surface area (Å²) >= 11 is 0. The fourth-order valence-corrected chi connectivity index (χ4v) is 4.63. The number of benzene rings is 2. The third-order valence-corrected chi connectivity index (χ3v) is 7.03. The molecule has 34 heavy (non-hydrogen) atoms. The highest BCUT2D eigenvalue weighted by Crippen LogP contribution is 2.23. The summed E-state index contributed by atoms with van der Waals surface area (Å²) in [5, 5.41) is 2.75. The highest BCUT2D eigenvalue weighted by molar-refractivity contribution is 7.89. The molecule has 0 unspecified atom stereocenters. The molecule has 1 heterocycles. The molecule has 178 valence electrons. The lowest BCUT2D eigenvalue weighted by Gasteiger charge is -2.18. The third-order valence-electron chi connectivity index (χ3n) is 4.96. The highest BCUT2D eigenvalue weighted by atomic mass is 32.2. The van der Waals surface area contributed by atoms with Gasteiger partial charge in [-0.15, -0.1) is 0 Å². The number of nitrogens with zero attached hydrogens (tertiary/aromatic N) is 2. The average Bonchev–Trinajstić information content (AvgIpc) is 2.83. The molecule has 1 aromatic heterocycles. The Kier molecular flexibility index (Phi) is 8.50. The number of carbonyl (C=O) groups is 1. The fourth-order valence-electron chi connectivity index (χ4n) is 3.17. The first-order chi connectivity index (χ1) is 16.3. The minimum atomic E-state index is -3.53. The van der Waals surface area contributed by atoms with Gasteiger partial charge in [0.25, 0.3) is 0 Å². The van der Waals surface area contributed by atoms with Gasteiger partial charge in [0.1, 0.15) is 11.6 Å². The summed E-state index contributed by atoms with van der Waals surface area (Å²) in [5.41, 5.74) is 1.31. The number of rotatable bonds is 10. The number of carbonyl (C=O) groups excluding carboxylic acids is 1. The van der Waals surface area contributed by atoms with Crippen LogP contribution in [0.5, 0.6) is 11.6 Å². The molecule has 3 rings (SSSR count). The number of nitrogens with one attached hydrogen (secondary N) is 1. The molecule has 0 atom stereocenters. The lowest BCUT2D eigenvalue weighted by atomic mass is 10.2. The largest absolute Gasteiger partial charge is 0.439 e. The number of amides is 1. The Bertz CT molecular complexity index is 1260. The summed E-state index contributed by atoms with van der Waals surface area (Å²) < 4.78 is 45.6. The fraction of sp³-hybridized carbons (Fsp3) is 0.200. The average molecular weight is 484 g/mol. The van der Waals surface area contributed by atoms with Crippen molar-refractivity contribution in [1.29, 1.82) is 0 Å². The molecule has 2 aromatic carbocycles. The Hall–Kier alpha value is -3.56. The minimum Gasteiger partial charge on any atom is -0.439 e. The molecular weight excluding hydrogens is 457 g/mol. The molecule has 0 saturated heterocycles. The van der Waals surface area contributed by atoms with Crippen molar-refractivity contribution < 1.29 is 22.3 Å². The van der Waals surface area contributed by atoms with E-state index in [4.69, 9.17) is 4.74 Å². The third kappa shape index (κ3) is 6.49. The smallest absolute Gasteiger partial charge is 0.244 e. The van der Waals surface area contributed by atoms with Gasteiger partial charge in [-0.3, -0.25) is 4.79 Å². The van der Waals surface area contributed by atoms with Crippen molar-refractivity contribution in [2.45, 2.75) is 25.3 Å². The Balaban J connectivity index is 1.61. The van der Waals surface area contributed by atoms with Crippen LogP contribution in [0, 0.1) is 5.82 Å². The summed E-state index contributed by atoms with van der Waals surface area (Å²) in [5.74, 6) is -0.201. The van der Waals surface area contributed by atoms with E-state index in [0.29, 0.717) is 30.0 Å². The van der Waals surface area contributed by atoms with Crippen LogP contribution in [-0.2, 0) is 21.4 Å². The van der Waals surface area contributed by atoms with Crippen LogP contribution in [0.25, 0.3) is 6.08 Å².